The Balaban J connectivity index is 2.00. The monoisotopic (exact) mass is 377 g/mol. The average Bonchev–Trinajstić information content (AvgIpc) is 3.00. The zero-order valence-electron chi connectivity index (χ0n) is 14.0. The number of alkyl halides is 3. The normalized spacial score (nSPS) is 19.3. The predicted molar refractivity (Wildman–Crippen MR) is 90.4 cm³/mol. The van der Waals surface area contributed by atoms with Crippen molar-refractivity contribution in [1.82, 2.24) is 10.6 Å². The minimum absolute atomic E-state index is 0.103. The Kier molecular flexibility index (Phi) is 4.61. The predicted octanol–water partition coefficient (Wildman–Crippen LogP) is 2.26. The highest BCUT2D eigenvalue weighted by molar-refractivity contribution is 6.16. The van der Waals surface area contributed by atoms with Crippen LogP contribution in [0.25, 0.3) is 0 Å². The molecule has 0 radical (unpaired) electrons. The van der Waals surface area contributed by atoms with Crippen LogP contribution in [-0.2, 0) is 4.79 Å². The lowest BCUT2D eigenvalue weighted by molar-refractivity contribution is -0.192. The van der Waals surface area contributed by atoms with Gasteiger partial charge in [0.25, 0.3) is 11.8 Å². The minimum atomic E-state index is -5.15. The molecule has 27 heavy (non-hydrogen) atoms. The van der Waals surface area contributed by atoms with Crippen molar-refractivity contribution >= 4 is 17.6 Å². The van der Waals surface area contributed by atoms with Gasteiger partial charge in [0.2, 0.25) is 0 Å². The van der Waals surface area contributed by atoms with E-state index in [1.807, 2.05) is 0 Å². The quantitative estimate of drug-likeness (QED) is 0.858. The molecule has 2 N–H and O–H groups in total. The highest BCUT2D eigenvalue weighted by Crippen LogP contribution is 2.35. The second-order valence-corrected chi connectivity index (χ2v) is 5.67. The Labute approximate surface area is 152 Å². The van der Waals surface area contributed by atoms with E-state index >= 15 is 0 Å². The first-order valence-electron chi connectivity index (χ1n) is 7.77. The lowest BCUT2D eigenvalue weighted by atomic mass is 10.1. The topological polar surface area (TPSA) is 79.8 Å². The summed E-state index contributed by atoms with van der Waals surface area (Å²) in [6.07, 6.45) is -5.15. The van der Waals surface area contributed by atoms with E-state index in [-0.39, 0.29) is 22.7 Å². The van der Waals surface area contributed by atoms with Gasteiger partial charge in [-0.15, -0.1) is 0 Å². The van der Waals surface area contributed by atoms with Crippen LogP contribution in [0.5, 0.6) is 5.75 Å². The molecule has 0 aliphatic carbocycles. The highest BCUT2D eigenvalue weighted by Gasteiger charge is 2.65. The number of amidine groups is 1. The van der Waals surface area contributed by atoms with Crippen LogP contribution in [0, 0.1) is 0 Å². The van der Waals surface area contributed by atoms with E-state index < -0.39 is 23.7 Å². The number of rotatable bonds is 4. The SMILES string of the molecule is COc1cccc(C(=O)N[C@]2(C(F)(F)F)N=C(c3ccccc3)NC2=O)c1. The van der Waals surface area contributed by atoms with Gasteiger partial charge in [0, 0.05) is 11.1 Å². The summed E-state index contributed by atoms with van der Waals surface area (Å²) in [4.78, 5) is 28.1. The number of ether oxygens (including phenoxy) is 1. The van der Waals surface area contributed by atoms with Crippen molar-refractivity contribution < 1.29 is 27.5 Å². The maximum atomic E-state index is 13.8. The van der Waals surface area contributed by atoms with Gasteiger partial charge in [0.05, 0.1) is 7.11 Å². The van der Waals surface area contributed by atoms with Gasteiger partial charge in [-0.2, -0.15) is 13.2 Å². The maximum Gasteiger partial charge on any atom is 0.442 e. The van der Waals surface area contributed by atoms with Gasteiger partial charge >= 0.3 is 11.8 Å². The van der Waals surface area contributed by atoms with Crippen LogP contribution in [0.4, 0.5) is 13.2 Å². The maximum absolute atomic E-state index is 13.8. The largest absolute Gasteiger partial charge is 0.497 e. The molecular weight excluding hydrogens is 363 g/mol. The van der Waals surface area contributed by atoms with Crippen molar-refractivity contribution in [2.75, 3.05) is 7.11 Å². The number of nitrogens with zero attached hydrogens (tertiary/aromatic N) is 1. The summed E-state index contributed by atoms with van der Waals surface area (Å²) < 4.78 is 46.3. The second-order valence-electron chi connectivity index (χ2n) is 5.67. The summed E-state index contributed by atoms with van der Waals surface area (Å²) in [6, 6.07) is 13.4. The van der Waals surface area contributed by atoms with E-state index in [2.05, 4.69) is 10.3 Å². The summed E-state index contributed by atoms with van der Waals surface area (Å²) >= 11 is 0. The number of hydrogen-bond donors (Lipinski definition) is 2. The number of hydrogen-bond acceptors (Lipinski definition) is 4. The van der Waals surface area contributed by atoms with E-state index in [4.69, 9.17) is 4.74 Å². The Morgan fingerprint density at radius 2 is 1.85 bits per heavy atom. The van der Waals surface area contributed by atoms with E-state index in [1.165, 1.54) is 43.5 Å². The van der Waals surface area contributed by atoms with Gasteiger partial charge < -0.3 is 15.4 Å². The third-order valence-corrected chi connectivity index (χ3v) is 3.92. The summed E-state index contributed by atoms with van der Waals surface area (Å²) in [5, 5.41) is 3.83. The van der Waals surface area contributed by atoms with Crippen LogP contribution < -0.4 is 15.4 Å². The number of aliphatic imine (C=N–C) groups is 1. The Morgan fingerprint density at radius 1 is 1.15 bits per heavy atom. The summed E-state index contributed by atoms with van der Waals surface area (Å²) in [5.41, 5.74) is -3.24. The molecule has 140 valence electrons. The zero-order valence-corrected chi connectivity index (χ0v) is 14.0. The molecule has 0 aromatic heterocycles. The molecule has 2 amide bonds. The van der Waals surface area contributed by atoms with Crippen LogP contribution in [0.1, 0.15) is 15.9 Å². The summed E-state index contributed by atoms with van der Waals surface area (Å²) in [7, 11) is 1.36. The lowest BCUT2D eigenvalue weighted by Gasteiger charge is -2.27. The molecule has 0 unspecified atom stereocenters. The third kappa shape index (κ3) is 3.35. The number of amides is 2. The smallest absolute Gasteiger partial charge is 0.442 e. The fraction of sp³-hybridized carbons (Fsp3) is 0.167. The zero-order chi connectivity index (χ0) is 19.7. The first-order valence-corrected chi connectivity index (χ1v) is 7.77. The first kappa shape index (κ1) is 18.4. The van der Waals surface area contributed by atoms with Crippen molar-refractivity contribution in [3.8, 4) is 5.75 Å². The molecular formula is C18H14F3N3O3. The number of carbonyl (C=O) groups excluding carboxylic acids is 2. The fourth-order valence-corrected chi connectivity index (χ4v) is 2.53. The Bertz CT molecular complexity index is 913. The van der Waals surface area contributed by atoms with Crippen molar-refractivity contribution in [2.45, 2.75) is 11.8 Å². The molecule has 9 heteroatoms. The van der Waals surface area contributed by atoms with Gasteiger partial charge in [-0.25, -0.2) is 4.99 Å². The van der Waals surface area contributed by atoms with Gasteiger partial charge in [0.15, 0.2) is 0 Å². The molecule has 1 aliphatic heterocycles. The molecule has 6 nitrogen and oxygen atoms in total. The molecule has 1 atom stereocenters. The molecule has 2 aromatic rings. The molecule has 2 aromatic carbocycles. The van der Waals surface area contributed by atoms with E-state index in [1.54, 1.807) is 23.5 Å². The summed E-state index contributed by atoms with van der Waals surface area (Å²) in [5.74, 6) is -2.58. The Hall–Kier alpha value is -3.36. The van der Waals surface area contributed by atoms with Crippen LogP contribution in [-0.4, -0.2) is 36.6 Å². The van der Waals surface area contributed by atoms with Crippen molar-refractivity contribution in [2.24, 2.45) is 4.99 Å². The molecule has 0 fully saturated rings. The van der Waals surface area contributed by atoms with Crippen molar-refractivity contribution in [1.29, 1.82) is 0 Å². The molecule has 0 bridgehead atoms. The summed E-state index contributed by atoms with van der Waals surface area (Å²) in [6.45, 7) is 0. The standard InChI is InChI=1S/C18H14F3N3O3/c1-27-13-9-5-8-12(10-13)15(25)24-17(18(19,20)21)16(26)22-14(23-17)11-6-3-2-4-7-11/h2-10H,1H3,(H,24,25)(H,22,23,26)/t17-/m1/s1. The van der Waals surface area contributed by atoms with Crippen LogP contribution in [0.2, 0.25) is 0 Å². The fourth-order valence-electron chi connectivity index (χ4n) is 2.53. The second kappa shape index (κ2) is 6.75. The van der Waals surface area contributed by atoms with E-state index in [9.17, 15) is 22.8 Å². The number of benzene rings is 2. The molecule has 1 heterocycles. The van der Waals surface area contributed by atoms with E-state index in [0.717, 1.165) is 0 Å². The molecule has 0 saturated carbocycles. The number of methoxy groups -OCH3 is 1. The molecule has 0 spiro atoms. The molecule has 3 rings (SSSR count). The Morgan fingerprint density at radius 3 is 2.48 bits per heavy atom. The highest BCUT2D eigenvalue weighted by atomic mass is 19.4. The lowest BCUT2D eigenvalue weighted by Crippen LogP contribution is -2.63. The first-order chi connectivity index (χ1) is 12.8. The number of halogens is 3. The minimum Gasteiger partial charge on any atom is -0.497 e. The van der Waals surface area contributed by atoms with Gasteiger partial charge in [0.1, 0.15) is 11.6 Å². The number of nitrogens with one attached hydrogen (secondary N) is 2. The van der Waals surface area contributed by atoms with Crippen molar-refractivity contribution in [3.05, 3.63) is 65.7 Å². The molecule has 0 saturated heterocycles. The van der Waals surface area contributed by atoms with Gasteiger partial charge in [-0.05, 0) is 18.2 Å². The van der Waals surface area contributed by atoms with Gasteiger partial charge in [-0.1, -0.05) is 36.4 Å². The average molecular weight is 377 g/mol. The number of carbonyl (C=O) groups is 2. The van der Waals surface area contributed by atoms with E-state index in [0.29, 0.717) is 0 Å². The van der Waals surface area contributed by atoms with Gasteiger partial charge in [-0.3, -0.25) is 9.59 Å². The van der Waals surface area contributed by atoms with Crippen LogP contribution in [0.15, 0.2) is 59.6 Å². The third-order valence-electron chi connectivity index (χ3n) is 3.92. The van der Waals surface area contributed by atoms with Crippen LogP contribution >= 0.6 is 0 Å². The van der Waals surface area contributed by atoms with Crippen LogP contribution in [0.3, 0.4) is 0 Å². The molecule has 1 aliphatic rings. The van der Waals surface area contributed by atoms with Crippen molar-refractivity contribution in [3.63, 3.8) is 0 Å².